The Morgan fingerprint density at radius 1 is 0.750 bits per heavy atom. The Kier molecular flexibility index (Phi) is 7.68. The first-order valence-corrected chi connectivity index (χ1v) is 8.49. The second-order valence-corrected chi connectivity index (χ2v) is 5.95. The largest absolute Gasteiger partial charge is 0.330 e. The van der Waals surface area contributed by atoms with E-state index in [1.807, 2.05) is 0 Å². The van der Waals surface area contributed by atoms with Gasteiger partial charge in [-0.25, -0.2) is 0 Å². The number of rotatable bonds is 4. The van der Waals surface area contributed by atoms with Crippen molar-refractivity contribution in [1.82, 2.24) is 4.90 Å². The number of piperidine rings is 1. The molecule has 0 spiro atoms. The van der Waals surface area contributed by atoms with Gasteiger partial charge in [-0.3, -0.25) is 4.90 Å². The smallest absolute Gasteiger partial charge is 0.0843 e. The molecule has 0 bridgehead atoms. The third-order valence-electron chi connectivity index (χ3n) is 4.25. The van der Waals surface area contributed by atoms with Gasteiger partial charge in [0.2, 0.25) is 0 Å². The molecule has 1 aliphatic heterocycles. The quantitative estimate of drug-likeness (QED) is 0.742. The summed E-state index contributed by atoms with van der Waals surface area (Å²) in [4.78, 5) is 4.73. The van der Waals surface area contributed by atoms with Gasteiger partial charge in [0.05, 0.1) is 13.1 Å². The molecule has 3 rings (SSSR count). The Morgan fingerprint density at radius 3 is 1.83 bits per heavy atom. The average molecular weight is 341 g/mol. The summed E-state index contributed by atoms with van der Waals surface area (Å²) in [5.41, 5.74) is 2.37. The van der Waals surface area contributed by atoms with E-state index in [4.69, 9.17) is 0 Å². The number of hydrogen-bond acceptors (Lipinski definition) is 2. The van der Waals surface area contributed by atoms with Gasteiger partial charge in [-0.05, 0) is 50.2 Å². The van der Waals surface area contributed by atoms with Crippen molar-refractivity contribution < 1.29 is 0 Å². The Balaban J connectivity index is 0.00000208. The Labute approximate surface area is 151 Å². The molecule has 0 amide bonds. The van der Waals surface area contributed by atoms with E-state index >= 15 is 0 Å². The van der Waals surface area contributed by atoms with Crippen LogP contribution in [-0.2, 0) is 0 Å². The molecule has 3 heteroatoms. The normalized spacial score (nSPS) is 14.2. The maximum absolute atomic E-state index is 3.36. The molecule has 0 radical (unpaired) electrons. The minimum atomic E-state index is 0. The van der Waals surface area contributed by atoms with E-state index in [1.54, 1.807) is 0 Å². The molecule has 1 aliphatic rings. The van der Waals surface area contributed by atoms with Gasteiger partial charge in [-0.2, -0.15) is 0 Å². The van der Waals surface area contributed by atoms with E-state index in [9.17, 15) is 0 Å². The molecular formula is C21H25ClN2. The molecule has 0 unspecified atom stereocenters. The molecule has 2 aromatic carbocycles. The van der Waals surface area contributed by atoms with Crippen LogP contribution in [0.15, 0.2) is 60.7 Å². The van der Waals surface area contributed by atoms with Crippen LogP contribution in [0.1, 0.15) is 19.3 Å². The number of nitrogens with zero attached hydrogens (tertiary/aromatic N) is 2. The summed E-state index contributed by atoms with van der Waals surface area (Å²) in [6, 6.07) is 21.0. The van der Waals surface area contributed by atoms with Gasteiger partial charge < -0.3 is 4.90 Å². The molecule has 0 aliphatic carbocycles. The van der Waals surface area contributed by atoms with Crippen LogP contribution in [-0.4, -0.2) is 31.1 Å². The topological polar surface area (TPSA) is 6.48 Å². The number of benzene rings is 2. The standard InChI is InChI=1S/C21H24N2.ClH/c1-4-12-20(13-5-1)23(21-14-6-2-7-15-21)19-11-10-18-22-16-8-3-9-17-22;/h1-2,4-7,12-15H,3,8-9,16-19H2;1H. The molecule has 2 aromatic rings. The van der Waals surface area contributed by atoms with E-state index < -0.39 is 0 Å². The highest BCUT2D eigenvalue weighted by atomic mass is 35.5. The second-order valence-electron chi connectivity index (χ2n) is 5.95. The molecule has 2 nitrogen and oxygen atoms in total. The molecule has 0 N–H and O–H groups in total. The maximum Gasteiger partial charge on any atom is 0.0843 e. The molecule has 126 valence electrons. The fraction of sp³-hybridized carbons (Fsp3) is 0.333. The van der Waals surface area contributed by atoms with Crippen LogP contribution in [0.5, 0.6) is 0 Å². The summed E-state index contributed by atoms with van der Waals surface area (Å²) >= 11 is 0. The summed E-state index contributed by atoms with van der Waals surface area (Å²) in [5.74, 6) is 6.72. The Bertz CT molecular complexity index is 600. The zero-order chi connectivity index (χ0) is 15.7. The van der Waals surface area contributed by atoms with E-state index in [-0.39, 0.29) is 12.4 Å². The van der Waals surface area contributed by atoms with Crippen LogP contribution >= 0.6 is 12.4 Å². The summed E-state index contributed by atoms with van der Waals surface area (Å²) < 4.78 is 0. The number of para-hydroxylation sites is 2. The molecule has 0 saturated carbocycles. The highest BCUT2D eigenvalue weighted by Crippen LogP contribution is 2.23. The van der Waals surface area contributed by atoms with Crippen LogP contribution in [0, 0.1) is 11.8 Å². The molecular weight excluding hydrogens is 316 g/mol. The Hall–Kier alpha value is -1.95. The second kappa shape index (κ2) is 10.0. The number of likely N-dealkylation sites (tertiary alicyclic amines) is 1. The molecule has 24 heavy (non-hydrogen) atoms. The van der Waals surface area contributed by atoms with Crippen molar-refractivity contribution >= 4 is 23.8 Å². The van der Waals surface area contributed by atoms with Gasteiger partial charge in [0.15, 0.2) is 0 Å². The molecule has 1 fully saturated rings. The van der Waals surface area contributed by atoms with Crippen molar-refractivity contribution in [3.63, 3.8) is 0 Å². The minimum absolute atomic E-state index is 0. The van der Waals surface area contributed by atoms with Crippen molar-refractivity contribution in [2.45, 2.75) is 19.3 Å². The van der Waals surface area contributed by atoms with Gasteiger partial charge >= 0.3 is 0 Å². The first-order valence-electron chi connectivity index (χ1n) is 8.49. The van der Waals surface area contributed by atoms with Crippen LogP contribution in [0.25, 0.3) is 0 Å². The maximum atomic E-state index is 3.36. The van der Waals surface area contributed by atoms with Crippen LogP contribution in [0.3, 0.4) is 0 Å². The zero-order valence-corrected chi connectivity index (χ0v) is 14.8. The van der Waals surface area contributed by atoms with E-state index in [0.717, 1.165) is 13.1 Å². The first-order chi connectivity index (χ1) is 11.4. The zero-order valence-electron chi connectivity index (χ0n) is 14.0. The van der Waals surface area contributed by atoms with Crippen LogP contribution < -0.4 is 4.90 Å². The van der Waals surface area contributed by atoms with Gasteiger partial charge in [0, 0.05) is 11.4 Å². The lowest BCUT2D eigenvalue weighted by atomic mass is 10.1. The highest BCUT2D eigenvalue weighted by molar-refractivity contribution is 5.85. The van der Waals surface area contributed by atoms with Crippen molar-refractivity contribution in [3.05, 3.63) is 60.7 Å². The summed E-state index contributed by atoms with van der Waals surface area (Å²) in [5, 5.41) is 0. The average Bonchev–Trinajstić information content (AvgIpc) is 2.64. The lowest BCUT2D eigenvalue weighted by Gasteiger charge is -2.24. The number of hydrogen-bond donors (Lipinski definition) is 0. The molecule has 0 atom stereocenters. The molecule has 1 heterocycles. The lowest BCUT2D eigenvalue weighted by Crippen LogP contribution is -2.30. The monoisotopic (exact) mass is 340 g/mol. The van der Waals surface area contributed by atoms with Crippen LogP contribution in [0.2, 0.25) is 0 Å². The predicted octanol–water partition coefficient (Wildman–Crippen LogP) is 4.74. The van der Waals surface area contributed by atoms with E-state index in [2.05, 4.69) is 82.3 Å². The summed E-state index contributed by atoms with van der Waals surface area (Å²) in [7, 11) is 0. The van der Waals surface area contributed by atoms with Gasteiger partial charge in [0.1, 0.15) is 0 Å². The predicted molar refractivity (Wildman–Crippen MR) is 105 cm³/mol. The number of anilines is 2. The van der Waals surface area contributed by atoms with Crippen molar-refractivity contribution in [1.29, 1.82) is 0 Å². The van der Waals surface area contributed by atoms with Crippen molar-refractivity contribution in [2.75, 3.05) is 31.1 Å². The molecule has 0 aromatic heterocycles. The summed E-state index contributed by atoms with van der Waals surface area (Å²) in [6.07, 6.45) is 4.02. The van der Waals surface area contributed by atoms with Gasteiger partial charge in [0.25, 0.3) is 0 Å². The SMILES string of the molecule is C(#CCN(c1ccccc1)c1ccccc1)CN1CCCCC1.Cl. The Morgan fingerprint density at radius 2 is 1.29 bits per heavy atom. The summed E-state index contributed by atoms with van der Waals surface area (Å²) in [6.45, 7) is 4.03. The van der Waals surface area contributed by atoms with Crippen LogP contribution in [0.4, 0.5) is 11.4 Å². The van der Waals surface area contributed by atoms with Gasteiger partial charge in [-0.15, -0.1) is 12.4 Å². The first kappa shape index (κ1) is 18.4. The molecule has 1 saturated heterocycles. The highest BCUT2D eigenvalue weighted by Gasteiger charge is 2.08. The number of halogens is 1. The fourth-order valence-corrected chi connectivity index (χ4v) is 2.97. The van der Waals surface area contributed by atoms with Gasteiger partial charge in [-0.1, -0.05) is 54.7 Å². The van der Waals surface area contributed by atoms with E-state index in [0.29, 0.717) is 0 Å². The minimum Gasteiger partial charge on any atom is -0.330 e. The third kappa shape index (κ3) is 5.30. The third-order valence-corrected chi connectivity index (χ3v) is 4.25. The fourth-order valence-electron chi connectivity index (χ4n) is 2.97. The van der Waals surface area contributed by atoms with E-state index in [1.165, 1.54) is 43.7 Å². The lowest BCUT2D eigenvalue weighted by molar-refractivity contribution is 0.255. The van der Waals surface area contributed by atoms with Crippen molar-refractivity contribution in [2.24, 2.45) is 0 Å². The van der Waals surface area contributed by atoms with Crippen molar-refractivity contribution in [3.8, 4) is 11.8 Å².